The Morgan fingerprint density at radius 1 is 1.47 bits per heavy atom. The Labute approximate surface area is 92.2 Å². The van der Waals surface area contributed by atoms with Crippen molar-refractivity contribution in [3.63, 3.8) is 0 Å². The number of methoxy groups -OCH3 is 1. The van der Waals surface area contributed by atoms with Crippen LogP contribution in [0.25, 0.3) is 0 Å². The molecule has 1 fully saturated rings. The number of nitrogens with zero attached hydrogens (tertiary/aromatic N) is 2. The van der Waals surface area contributed by atoms with Crippen LogP contribution in [0.4, 0.5) is 0 Å². The highest BCUT2D eigenvalue weighted by Gasteiger charge is 2.31. The van der Waals surface area contributed by atoms with Gasteiger partial charge in [-0.25, -0.2) is 0 Å². The summed E-state index contributed by atoms with van der Waals surface area (Å²) in [5, 5.41) is 12.6. The molecule has 1 aliphatic heterocycles. The van der Waals surface area contributed by atoms with Crippen molar-refractivity contribution in [2.24, 2.45) is 0 Å². The number of nitriles is 1. The molecule has 0 saturated carbocycles. The molecule has 0 spiro atoms. The lowest BCUT2D eigenvalue weighted by molar-refractivity contribution is 0.188. The van der Waals surface area contributed by atoms with E-state index in [-0.39, 0.29) is 5.54 Å². The van der Waals surface area contributed by atoms with E-state index in [0.717, 1.165) is 38.9 Å². The van der Waals surface area contributed by atoms with Gasteiger partial charge in [0.05, 0.1) is 12.7 Å². The highest BCUT2D eigenvalue weighted by molar-refractivity contribution is 5.08. The molecule has 4 heteroatoms. The van der Waals surface area contributed by atoms with Gasteiger partial charge in [-0.1, -0.05) is 0 Å². The van der Waals surface area contributed by atoms with Crippen molar-refractivity contribution in [3.05, 3.63) is 0 Å². The van der Waals surface area contributed by atoms with E-state index < -0.39 is 0 Å². The molecule has 0 aromatic rings. The smallest absolute Gasteiger partial charge is 0.108 e. The first-order valence-corrected chi connectivity index (χ1v) is 5.56. The molecule has 1 N–H and O–H groups in total. The maximum Gasteiger partial charge on any atom is 0.108 e. The van der Waals surface area contributed by atoms with Crippen LogP contribution in [-0.4, -0.2) is 50.8 Å². The normalized spacial score (nSPS) is 28.3. The topological polar surface area (TPSA) is 48.3 Å². The van der Waals surface area contributed by atoms with Crippen molar-refractivity contribution in [1.82, 2.24) is 10.2 Å². The van der Waals surface area contributed by atoms with Crippen LogP contribution in [0.5, 0.6) is 0 Å². The molecule has 1 saturated heterocycles. The van der Waals surface area contributed by atoms with Gasteiger partial charge in [0.1, 0.15) is 5.54 Å². The zero-order valence-corrected chi connectivity index (χ0v) is 9.75. The number of ether oxygens (including phenoxy) is 1. The molecule has 0 amide bonds. The minimum atomic E-state index is -0.330. The van der Waals surface area contributed by atoms with Crippen molar-refractivity contribution < 1.29 is 4.74 Å². The first-order valence-electron chi connectivity index (χ1n) is 5.56. The lowest BCUT2D eigenvalue weighted by Crippen LogP contribution is -2.46. The predicted molar refractivity (Wildman–Crippen MR) is 59.6 cm³/mol. The number of nitrogens with one attached hydrogen (secondary N) is 1. The molecule has 86 valence electrons. The highest BCUT2D eigenvalue weighted by Crippen LogP contribution is 2.20. The molecular formula is C11H21N3O. The summed E-state index contributed by atoms with van der Waals surface area (Å²) in [7, 11) is 3.80. The van der Waals surface area contributed by atoms with E-state index >= 15 is 0 Å². The zero-order chi connectivity index (χ0) is 11.1. The van der Waals surface area contributed by atoms with E-state index in [9.17, 15) is 5.26 Å². The first-order chi connectivity index (χ1) is 7.22. The Morgan fingerprint density at radius 3 is 2.93 bits per heavy atom. The molecule has 0 bridgehead atoms. The van der Waals surface area contributed by atoms with Crippen molar-refractivity contribution in [2.45, 2.75) is 24.8 Å². The van der Waals surface area contributed by atoms with E-state index in [1.54, 1.807) is 7.11 Å². The molecule has 1 atom stereocenters. The van der Waals surface area contributed by atoms with Crippen molar-refractivity contribution in [1.29, 1.82) is 5.26 Å². The van der Waals surface area contributed by atoms with E-state index in [0.29, 0.717) is 6.61 Å². The molecule has 15 heavy (non-hydrogen) atoms. The number of likely N-dealkylation sites (tertiary alicyclic amines) is 1. The Kier molecular flexibility index (Phi) is 5.03. The van der Waals surface area contributed by atoms with Crippen LogP contribution in [0, 0.1) is 11.3 Å². The summed E-state index contributed by atoms with van der Waals surface area (Å²) >= 11 is 0. The summed E-state index contributed by atoms with van der Waals surface area (Å²) in [6.45, 7) is 3.51. The average Bonchev–Trinajstić information content (AvgIpc) is 2.42. The standard InChI is InChI=1S/C11H21N3O/c1-14-7-3-4-11(10-12,5-8-14)13-6-9-15-2/h13H,3-9H2,1-2H3. The molecule has 1 rings (SSSR count). The van der Waals surface area contributed by atoms with E-state index in [4.69, 9.17) is 4.74 Å². The fourth-order valence-corrected chi connectivity index (χ4v) is 1.99. The summed E-state index contributed by atoms with van der Waals surface area (Å²) in [5.41, 5.74) is -0.330. The van der Waals surface area contributed by atoms with Gasteiger partial charge < -0.3 is 9.64 Å². The third kappa shape index (κ3) is 3.78. The summed E-state index contributed by atoms with van der Waals surface area (Å²) < 4.78 is 4.99. The summed E-state index contributed by atoms with van der Waals surface area (Å²) in [4.78, 5) is 2.29. The second-order valence-electron chi connectivity index (χ2n) is 4.27. The maximum absolute atomic E-state index is 9.28. The van der Waals surface area contributed by atoms with Crippen LogP contribution in [-0.2, 0) is 4.74 Å². The number of hydrogen-bond acceptors (Lipinski definition) is 4. The van der Waals surface area contributed by atoms with Crippen LogP contribution < -0.4 is 5.32 Å². The van der Waals surface area contributed by atoms with Gasteiger partial charge in [0.15, 0.2) is 0 Å². The van der Waals surface area contributed by atoms with Crippen LogP contribution in [0.15, 0.2) is 0 Å². The van der Waals surface area contributed by atoms with Crippen LogP contribution in [0.3, 0.4) is 0 Å². The predicted octanol–water partition coefficient (Wildman–Crippen LogP) is 0.600. The third-order valence-electron chi connectivity index (χ3n) is 3.05. The lowest BCUT2D eigenvalue weighted by Gasteiger charge is -2.26. The fourth-order valence-electron chi connectivity index (χ4n) is 1.99. The molecule has 0 aromatic heterocycles. The second kappa shape index (κ2) is 6.06. The molecule has 0 aliphatic carbocycles. The Balaban J connectivity index is 2.47. The van der Waals surface area contributed by atoms with Crippen molar-refractivity contribution in [2.75, 3.05) is 40.4 Å². The van der Waals surface area contributed by atoms with Gasteiger partial charge in [-0.05, 0) is 32.9 Å². The van der Waals surface area contributed by atoms with Crippen LogP contribution >= 0.6 is 0 Å². The maximum atomic E-state index is 9.28. The van der Waals surface area contributed by atoms with E-state index in [2.05, 4.69) is 23.3 Å². The van der Waals surface area contributed by atoms with Gasteiger partial charge in [-0.3, -0.25) is 5.32 Å². The van der Waals surface area contributed by atoms with Crippen molar-refractivity contribution in [3.8, 4) is 6.07 Å². The molecule has 4 nitrogen and oxygen atoms in total. The van der Waals surface area contributed by atoms with E-state index in [1.807, 2.05) is 0 Å². The highest BCUT2D eigenvalue weighted by atomic mass is 16.5. The Hall–Kier alpha value is -0.630. The average molecular weight is 211 g/mol. The quantitative estimate of drug-likeness (QED) is 0.692. The molecule has 1 aliphatic rings. The minimum absolute atomic E-state index is 0.330. The molecule has 0 aromatic carbocycles. The van der Waals surface area contributed by atoms with Gasteiger partial charge >= 0.3 is 0 Å². The number of hydrogen-bond donors (Lipinski definition) is 1. The van der Waals surface area contributed by atoms with E-state index in [1.165, 1.54) is 0 Å². The summed E-state index contributed by atoms with van der Waals surface area (Å²) in [5.74, 6) is 0. The molecule has 1 unspecified atom stereocenters. The second-order valence-corrected chi connectivity index (χ2v) is 4.27. The zero-order valence-electron chi connectivity index (χ0n) is 9.75. The summed E-state index contributed by atoms with van der Waals surface area (Å²) in [6.07, 6.45) is 2.94. The Morgan fingerprint density at radius 2 is 2.27 bits per heavy atom. The SMILES string of the molecule is COCCNC1(C#N)CCCN(C)CC1. The van der Waals surface area contributed by atoms with Crippen molar-refractivity contribution >= 4 is 0 Å². The molecular weight excluding hydrogens is 190 g/mol. The van der Waals surface area contributed by atoms with Crippen LogP contribution in [0.2, 0.25) is 0 Å². The van der Waals surface area contributed by atoms with Gasteiger partial charge in [0, 0.05) is 20.2 Å². The van der Waals surface area contributed by atoms with Gasteiger partial charge in [-0.15, -0.1) is 0 Å². The van der Waals surface area contributed by atoms with Gasteiger partial charge in [-0.2, -0.15) is 5.26 Å². The van der Waals surface area contributed by atoms with Crippen LogP contribution in [0.1, 0.15) is 19.3 Å². The van der Waals surface area contributed by atoms with Gasteiger partial charge in [0.2, 0.25) is 0 Å². The molecule has 0 radical (unpaired) electrons. The molecule has 1 heterocycles. The lowest BCUT2D eigenvalue weighted by atomic mass is 9.92. The largest absolute Gasteiger partial charge is 0.383 e. The monoisotopic (exact) mass is 211 g/mol. The number of rotatable bonds is 4. The third-order valence-corrected chi connectivity index (χ3v) is 3.05. The Bertz CT molecular complexity index is 226. The summed E-state index contributed by atoms with van der Waals surface area (Å²) in [6, 6.07) is 2.44. The fraction of sp³-hybridized carbons (Fsp3) is 0.909. The van der Waals surface area contributed by atoms with Gasteiger partial charge in [0.25, 0.3) is 0 Å². The minimum Gasteiger partial charge on any atom is -0.383 e. The first kappa shape index (κ1) is 12.4.